The fourth-order valence-electron chi connectivity index (χ4n) is 2.16. The minimum absolute atomic E-state index is 0.0899. The molecule has 0 bridgehead atoms. The number of nitrogens with one attached hydrogen (secondary N) is 2. The normalized spacial score (nSPS) is 17.5. The van der Waals surface area contributed by atoms with E-state index in [9.17, 15) is 18.0 Å². The van der Waals surface area contributed by atoms with E-state index in [1.54, 1.807) is 6.92 Å². The van der Waals surface area contributed by atoms with Crippen molar-refractivity contribution in [1.29, 1.82) is 0 Å². The van der Waals surface area contributed by atoms with E-state index in [-0.39, 0.29) is 12.5 Å². The first kappa shape index (κ1) is 18.5. The van der Waals surface area contributed by atoms with Gasteiger partial charge in [0.15, 0.2) is 5.96 Å². The quantitative estimate of drug-likeness (QED) is 0.563. The molecule has 1 amide bonds. The van der Waals surface area contributed by atoms with E-state index in [0.717, 1.165) is 19.6 Å². The lowest BCUT2D eigenvalue weighted by molar-refractivity contribution is -0.133. The molecule has 0 aromatic carbocycles. The lowest BCUT2D eigenvalue weighted by Crippen LogP contribution is -2.50. The zero-order chi connectivity index (χ0) is 16.6. The maximum absolute atomic E-state index is 12.1. The zero-order valence-corrected chi connectivity index (χ0v) is 13.0. The number of piperazine rings is 1. The highest BCUT2D eigenvalue weighted by molar-refractivity contribution is 5.79. The van der Waals surface area contributed by atoms with Crippen LogP contribution in [0.1, 0.15) is 13.3 Å². The van der Waals surface area contributed by atoms with Crippen LogP contribution in [-0.2, 0) is 4.79 Å². The number of hydrogen-bond donors (Lipinski definition) is 2. The summed E-state index contributed by atoms with van der Waals surface area (Å²) in [5, 5.41) is 5.62. The molecule has 0 unspecified atom stereocenters. The Morgan fingerprint density at radius 3 is 2.23 bits per heavy atom. The van der Waals surface area contributed by atoms with Crippen LogP contribution in [0.4, 0.5) is 13.2 Å². The van der Waals surface area contributed by atoms with Gasteiger partial charge < -0.3 is 15.5 Å². The number of rotatable bonds is 5. The summed E-state index contributed by atoms with van der Waals surface area (Å²) in [5.74, 6) is 0.457. The number of carbonyl (C=O) groups is 1. The van der Waals surface area contributed by atoms with Gasteiger partial charge in [0, 0.05) is 59.8 Å². The molecule has 1 aliphatic heterocycles. The number of carbonyl (C=O) groups excluding carboxylic acids is 1. The Morgan fingerprint density at radius 2 is 1.73 bits per heavy atom. The molecule has 1 heterocycles. The van der Waals surface area contributed by atoms with Crippen molar-refractivity contribution in [1.82, 2.24) is 20.4 Å². The number of guanidine groups is 1. The van der Waals surface area contributed by atoms with Crippen LogP contribution in [0.5, 0.6) is 0 Å². The summed E-state index contributed by atoms with van der Waals surface area (Å²) in [6, 6.07) is 0. The first-order chi connectivity index (χ1) is 10.3. The number of halogens is 3. The molecule has 0 aliphatic carbocycles. The van der Waals surface area contributed by atoms with Gasteiger partial charge >= 0.3 is 6.18 Å². The maximum atomic E-state index is 12.1. The van der Waals surface area contributed by atoms with Crippen molar-refractivity contribution in [3.8, 4) is 0 Å². The number of amides is 1. The van der Waals surface area contributed by atoms with E-state index in [2.05, 4.69) is 20.5 Å². The summed E-state index contributed by atoms with van der Waals surface area (Å²) in [7, 11) is 1.52. The summed E-state index contributed by atoms with van der Waals surface area (Å²) >= 11 is 0. The minimum Gasteiger partial charge on any atom is -0.356 e. The molecule has 9 heteroatoms. The van der Waals surface area contributed by atoms with Gasteiger partial charge in [-0.05, 0) is 0 Å². The van der Waals surface area contributed by atoms with Crippen LogP contribution in [0, 0.1) is 0 Å². The van der Waals surface area contributed by atoms with Crippen molar-refractivity contribution >= 4 is 11.9 Å². The second kappa shape index (κ2) is 8.82. The summed E-state index contributed by atoms with van der Waals surface area (Å²) in [6.45, 7) is 5.76. The highest BCUT2D eigenvalue weighted by Crippen LogP contribution is 2.17. The monoisotopic (exact) mass is 323 g/mol. The molecule has 1 fully saturated rings. The lowest BCUT2D eigenvalue weighted by Gasteiger charge is -2.34. The van der Waals surface area contributed by atoms with Gasteiger partial charge in [0.05, 0.1) is 6.42 Å². The van der Waals surface area contributed by atoms with Crippen LogP contribution in [-0.4, -0.2) is 80.7 Å². The summed E-state index contributed by atoms with van der Waals surface area (Å²) < 4.78 is 36.2. The number of nitrogens with zero attached hydrogens (tertiary/aromatic N) is 3. The molecule has 0 aromatic heterocycles. The molecule has 22 heavy (non-hydrogen) atoms. The van der Waals surface area contributed by atoms with Crippen molar-refractivity contribution in [2.45, 2.75) is 19.5 Å². The summed E-state index contributed by atoms with van der Waals surface area (Å²) in [5.41, 5.74) is 0. The molecule has 1 aliphatic rings. The summed E-state index contributed by atoms with van der Waals surface area (Å²) in [6.07, 6.45) is -5.05. The standard InChI is InChI=1S/C13H24F3N5O/c1-11(22)21-9-7-20(8-10-21)6-5-19-12(17-2)18-4-3-13(14,15)16/h3-10H2,1-2H3,(H2,17,18,19). The highest BCUT2D eigenvalue weighted by atomic mass is 19.4. The number of alkyl halides is 3. The topological polar surface area (TPSA) is 60.0 Å². The smallest absolute Gasteiger partial charge is 0.356 e. The molecule has 0 atom stereocenters. The highest BCUT2D eigenvalue weighted by Gasteiger charge is 2.26. The van der Waals surface area contributed by atoms with Crippen molar-refractivity contribution < 1.29 is 18.0 Å². The summed E-state index contributed by atoms with van der Waals surface area (Å²) in [4.78, 5) is 19.1. The first-order valence-electron chi connectivity index (χ1n) is 7.31. The Labute approximate surface area is 128 Å². The van der Waals surface area contributed by atoms with Gasteiger partial charge in [-0.1, -0.05) is 0 Å². The lowest BCUT2D eigenvalue weighted by atomic mass is 10.3. The van der Waals surface area contributed by atoms with E-state index in [1.165, 1.54) is 7.05 Å². The molecular weight excluding hydrogens is 299 g/mol. The molecule has 6 nitrogen and oxygen atoms in total. The molecule has 0 aromatic rings. The molecule has 2 N–H and O–H groups in total. The first-order valence-corrected chi connectivity index (χ1v) is 7.31. The number of hydrogen-bond acceptors (Lipinski definition) is 3. The van der Waals surface area contributed by atoms with E-state index in [0.29, 0.717) is 25.6 Å². The van der Waals surface area contributed by atoms with Crippen molar-refractivity contribution in [3.63, 3.8) is 0 Å². The van der Waals surface area contributed by atoms with Crippen molar-refractivity contribution in [2.75, 3.05) is 52.9 Å². The molecule has 128 valence electrons. The fraction of sp³-hybridized carbons (Fsp3) is 0.846. The molecular formula is C13H24F3N5O. The predicted molar refractivity (Wildman–Crippen MR) is 78.7 cm³/mol. The van der Waals surface area contributed by atoms with Crippen LogP contribution in [0.2, 0.25) is 0 Å². The molecule has 0 radical (unpaired) electrons. The van der Waals surface area contributed by atoms with Gasteiger partial charge in [0.25, 0.3) is 0 Å². The van der Waals surface area contributed by atoms with Gasteiger partial charge in [-0.3, -0.25) is 14.7 Å². The van der Waals surface area contributed by atoms with Crippen LogP contribution in [0.25, 0.3) is 0 Å². The predicted octanol–water partition coefficient (Wildman–Crippen LogP) is 0.268. The molecule has 1 rings (SSSR count). The second-order valence-corrected chi connectivity index (χ2v) is 5.14. The van der Waals surface area contributed by atoms with Crippen molar-refractivity contribution in [3.05, 3.63) is 0 Å². The van der Waals surface area contributed by atoms with Crippen LogP contribution in [0.15, 0.2) is 4.99 Å². The van der Waals surface area contributed by atoms with Crippen LogP contribution < -0.4 is 10.6 Å². The minimum atomic E-state index is -4.16. The largest absolute Gasteiger partial charge is 0.390 e. The van der Waals surface area contributed by atoms with Gasteiger partial charge in [0.2, 0.25) is 5.91 Å². The van der Waals surface area contributed by atoms with E-state index in [1.807, 2.05) is 4.90 Å². The Balaban J connectivity index is 2.16. The van der Waals surface area contributed by atoms with Gasteiger partial charge in [-0.25, -0.2) is 0 Å². The second-order valence-electron chi connectivity index (χ2n) is 5.14. The average Bonchev–Trinajstić information content (AvgIpc) is 2.45. The molecule has 0 spiro atoms. The maximum Gasteiger partial charge on any atom is 0.390 e. The molecule has 0 saturated carbocycles. The fourth-order valence-corrected chi connectivity index (χ4v) is 2.16. The van der Waals surface area contributed by atoms with Crippen LogP contribution >= 0.6 is 0 Å². The Hall–Kier alpha value is -1.51. The third kappa shape index (κ3) is 7.48. The van der Waals surface area contributed by atoms with E-state index < -0.39 is 12.6 Å². The average molecular weight is 323 g/mol. The third-order valence-corrected chi connectivity index (χ3v) is 3.46. The van der Waals surface area contributed by atoms with Crippen LogP contribution in [0.3, 0.4) is 0 Å². The van der Waals surface area contributed by atoms with E-state index in [4.69, 9.17) is 0 Å². The van der Waals surface area contributed by atoms with Gasteiger partial charge in [-0.15, -0.1) is 0 Å². The number of aliphatic imine (C=N–C) groups is 1. The van der Waals surface area contributed by atoms with Crippen molar-refractivity contribution in [2.24, 2.45) is 4.99 Å². The third-order valence-electron chi connectivity index (χ3n) is 3.46. The Bertz CT molecular complexity index is 378. The van der Waals surface area contributed by atoms with Gasteiger partial charge in [0.1, 0.15) is 0 Å². The SMILES string of the molecule is CN=C(NCCN1CCN(C(C)=O)CC1)NCCC(F)(F)F. The van der Waals surface area contributed by atoms with Gasteiger partial charge in [-0.2, -0.15) is 13.2 Å². The molecule has 1 saturated heterocycles. The van der Waals surface area contributed by atoms with E-state index >= 15 is 0 Å². The Kier molecular flexibility index (Phi) is 7.43. The zero-order valence-electron chi connectivity index (χ0n) is 13.0. The Morgan fingerprint density at radius 1 is 1.14 bits per heavy atom.